The molecule has 3 heteroatoms. The summed E-state index contributed by atoms with van der Waals surface area (Å²) in [6.07, 6.45) is 4.71. The van der Waals surface area contributed by atoms with Crippen LogP contribution in [-0.4, -0.2) is 6.10 Å². The predicted octanol–water partition coefficient (Wildman–Crippen LogP) is 3.14. The van der Waals surface area contributed by atoms with Crippen molar-refractivity contribution in [2.45, 2.75) is 44.2 Å². The van der Waals surface area contributed by atoms with E-state index in [1.165, 1.54) is 0 Å². The van der Waals surface area contributed by atoms with Gasteiger partial charge in [-0.1, -0.05) is 17.7 Å². The molecule has 0 atom stereocenters. The second-order valence-electron chi connectivity index (χ2n) is 5.10. The van der Waals surface area contributed by atoms with Gasteiger partial charge in [0.2, 0.25) is 0 Å². The zero-order chi connectivity index (χ0) is 11.3. The van der Waals surface area contributed by atoms with Gasteiger partial charge in [-0.05, 0) is 44.2 Å². The van der Waals surface area contributed by atoms with Crippen molar-refractivity contribution >= 4 is 11.6 Å². The molecular weight excluding hydrogens is 222 g/mol. The van der Waals surface area contributed by atoms with Gasteiger partial charge in [-0.2, -0.15) is 0 Å². The Labute approximate surface area is 101 Å². The van der Waals surface area contributed by atoms with E-state index < -0.39 is 0 Å². The minimum atomic E-state index is -0.181. The third-order valence-electron chi connectivity index (χ3n) is 3.32. The molecule has 2 saturated carbocycles. The Bertz CT molecular complexity index is 436. The minimum Gasteiger partial charge on any atom is -0.489 e. The number of rotatable bonds is 3. The van der Waals surface area contributed by atoms with E-state index in [0.29, 0.717) is 11.1 Å². The smallest absolute Gasteiger partial charge is 0.143 e. The number of benzene rings is 1. The molecule has 0 heterocycles. The van der Waals surface area contributed by atoms with Gasteiger partial charge in [0.1, 0.15) is 5.75 Å². The molecule has 2 aliphatic rings. The molecule has 0 radical (unpaired) electrons. The number of hydrogen-bond acceptors (Lipinski definition) is 2. The lowest BCUT2D eigenvalue weighted by atomic mass is 10.0. The summed E-state index contributed by atoms with van der Waals surface area (Å²) < 4.78 is 5.90. The van der Waals surface area contributed by atoms with E-state index in [-0.39, 0.29) is 5.54 Å². The summed E-state index contributed by atoms with van der Waals surface area (Å²) in [7, 11) is 0. The standard InChI is InChI=1S/C13H16ClNO/c1-8-6-10(13(15)4-5-13)12(11(14)7-8)16-9-2-3-9/h6-7,9H,2-5,15H2,1H3. The van der Waals surface area contributed by atoms with Gasteiger partial charge in [0.25, 0.3) is 0 Å². The molecule has 0 aromatic heterocycles. The van der Waals surface area contributed by atoms with E-state index in [2.05, 4.69) is 6.07 Å². The Hall–Kier alpha value is -0.730. The average molecular weight is 238 g/mol. The summed E-state index contributed by atoms with van der Waals surface area (Å²) in [5.41, 5.74) is 8.34. The Morgan fingerprint density at radius 3 is 2.62 bits per heavy atom. The van der Waals surface area contributed by atoms with Crippen molar-refractivity contribution in [2.75, 3.05) is 0 Å². The predicted molar refractivity (Wildman–Crippen MR) is 64.9 cm³/mol. The second-order valence-corrected chi connectivity index (χ2v) is 5.50. The first-order chi connectivity index (χ1) is 7.58. The van der Waals surface area contributed by atoms with Crippen LogP contribution in [0.5, 0.6) is 5.75 Å². The number of nitrogens with two attached hydrogens (primary N) is 1. The highest BCUT2D eigenvalue weighted by Crippen LogP contribution is 2.49. The fourth-order valence-corrected chi connectivity index (χ4v) is 2.29. The van der Waals surface area contributed by atoms with Gasteiger partial charge in [-0.3, -0.25) is 0 Å². The van der Waals surface area contributed by atoms with Gasteiger partial charge < -0.3 is 10.5 Å². The first-order valence-corrected chi connectivity index (χ1v) is 6.22. The molecule has 2 N–H and O–H groups in total. The van der Waals surface area contributed by atoms with E-state index in [9.17, 15) is 0 Å². The van der Waals surface area contributed by atoms with Gasteiger partial charge in [0.05, 0.1) is 11.1 Å². The fraction of sp³-hybridized carbons (Fsp3) is 0.538. The van der Waals surface area contributed by atoms with E-state index in [0.717, 1.165) is 42.6 Å². The number of hydrogen-bond donors (Lipinski definition) is 1. The summed E-state index contributed by atoms with van der Waals surface area (Å²) in [6, 6.07) is 4.07. The zero-order valence-corrected chi connectivity index (χ0v) is 10.2. The van der Waals surface area contributed by atoms with E-state index in [1.54, 1.807) is 0 Å². The van der Waals surface area contributed by atoms with Crippen LogP contribution in [0.4, 0.5) is 0 Å². The third-order valence-corrected chi connectivity index (χ3v) is 3.60. The normalized spacial score (nSPS) is 21.9. The van der Waals surface area contributed by atoms with Crippen LogP contribution in [-0.2, 0) is 5.54 Å². The van der Waals surface area contributed by atoms with Gasteiger partial charge in [-0.25, -0.2) is 0 Å². The van der Waals surface area contributed by atoms with Crippen molar-refractivity contribution in [3.63, 3.8) is 0 Å². The maximum Gasteiger partial charge on any atom is 0.143 e. The summed E-state index contributed by atoms with van der Waals surface area (Å²) >= 11 is 6.26. The summed E-state index contributed by atoms with van der Waals surface area (Å²) in [5.74, 6) is 0.828. The minimum absolute atomic E-state index is 0.181. The molecule has 0 unspecified atom stereocenters. The number of ether oxygens (including phenoxy) is 1. The molecule has 86 valence electrons. The maximum atomic E-state index is 6.26. The van der Waals surface area contributed by atoms with E-state index in [1.807, 2.05) is 13.0 Å². The van der Waals surface area contributed by atoms with Crippen LogP contribution in [0, 0.1) is 6.92 Å². The van der Waals surface area contributed by atoms with Crippen LogP contribution < -0.4 is 10.5 Å². The van der Waals surface area contributed by atoms with Crippen LogP contribution in [0.3, 0.4) is 0 Å². The topological polar surface area (TPSA) is 35.2 Å². The SMILES string of the molecule is Cc1cc(Cl)c(OC2CC2)c(C2(N)CC2)c1. The van der Waals surface area contributed by atoms with Crippen LogP contribution in [0.25, 0.3) is 0 Å². The highest BCUT2D eigenvalue weighted by Gasteiger charge is 2.43. The van der Waals surface area contributed by atoms with Crippen molar-refractivity contribution in [3.05, 3.63) is 28.3 Å². The van der Waals surface area contributed by atoms with Crippen LogP contribution in [0.2, 0.25) is 5.02 Å². The molecule has 16 heavy (non-hydrogen) atoms. The molecular formula is C13H16ClNO. The maximum absolute atomic E-state index is 6.26. The lowest BCUT2D eigenvalue weighted by Gasteiger charge is -2.18. The molecule has 2 fully saturated rings. The van der Waals surface area contributed by atoms with Crippen LogP contribution in [0.15, 0.2) is 12.1 Å². The van der Waals surface area contributed by atoms with Crippen molar-refractivity contribution in [1.29, 1.82) is 0 Å². The number of aryl methyl sites for hydroxylation is 1. The molecule has 0 spiro atoms. The lowest BCUT2D eigenvalue weighted by molar-refractivity contribution is 0.297. The Morgan fingerprint density at radius 2 is 2.06 bits per heavy atom. The molecule has 0 saturated heterocycles. The molecule has 1 aromatic rings. The zero-order valence-electron chi connectivity index (χ0n) is 9.42. The molecule has 0 amide bonds. The van der Waals surface area contributed by atoms with Crippen molar-refractivity contribution < 1.29 is 4.74 Å². The second kappa shape index (κ2) is 3.38. The third kappa shape index (κ3) is 1.80. The summed E-state index contributed by atoms with van der Waals surface area (Å²) in [6.45, 7) is 2.04. The Morgan fingerprint density at radius 1 is 1.38 bits per heavy atom. The molecule has 0 bridgehead atoms. The average Bonchev–Trinajstić information content (AvgIpc) is 3.08. The van der Waals surface area contributed by atoms with Crippen molar-refractivity contribution in [2.24, 2.45) is 5.73 Å². The summed E-state index contributed by atoms with van der Waals surface area (Å²) in [5, 5.41) is 0.707. The van der Waals surface area contributed by atoms with Gasteiger partial charge in [-0.15, -0.1) is 0 Å². The number of halogens is 1. The highest BCUT2D eigenvalue weighted by molar-refractivity contribution is 6.32. The quantitative estimate of drug-likeness (QED) is 0.877. The first-order valence-electron chi connectivity index (χ1n) is 5.85. The molecule has 0 aliphatic heterocycles. The van der Waals surface area contributed by atoms with E-state index >= 15 is 0 Å². The Balaban J connectivity index is 2.04. The monoisotopic (exact) mass is 237 g/mol. The fourth-order valence-electron chi connectivity index (χ4n) is 1.98. The van der Waals surface area contributed by atoms with E-state index in [4.69, 9.17) is 22.1 Å². The molecule has 1 aromatic carbocycles. The highest BCUT2D eigenvalue weighted by atomic mass is 35.5. The van der Waals surface area contributed by atoms with Crippen LogP contribution in [0.1, 0.15) is 36.8 Å². The molecule has 2 aliphatic carbocycles. The molecule has 3 rings (SSSR count). The largest absolute Gasteiger partial charge is 0.489 e. The van der Waals surface area contributed by atoms with Crippen LogP contribution >= 0.6 is 11.6 Å². The molecule has 2 nitrogen and oxygen atoms in total. The van der Waals surface area contributed by atoms with Crippen molar-refractivity contribution in [1.82, 2.24) is 0 Å². The summed E-state index contributed by atoms with van der Waals surface area (Å²) in [4.78, 5) is 0. The lowest BCUT2D eigenvalue weighted by Crippen LogP contribution is -2.20. The van der Waals surface area contributed by atoms with Gasteiger partial charge in [0, 0.05) is 11.1 Å². The van der Waals surface area contributed by atoms with Gasteiger partial charge in [0.15, 0.2) is 0 Å². The Kier molecular flexibility index (Phi) is 2.20. The van der Waals surface area contributed by atoms with Crippen molar-refractivity contribution in [3.8, 4) is 5.75 Å². The first kappa shape index (κ1) is 10.4. The van der Waals surface area contributed by atoms with Gasteiger partial charge >= 0.3 is 0 Å².